The number of Topliss-reactive ketones (excluding diaryl/α,β-unsaturated/α-hetero) is 1. The molecule has 152 valence electrons. The molecule has 0 saturated heterocycles. The Balaban J connectivity index is 2.32. The fraction of sp³-hybridized carbons (Fsp3) is 0.211. The van der Waals surface area contributed by atoms with Crippen LogP contribution in [-0.4, -0.2) is 26.8 Å². The third kappa shape index (κ3) is 5.55. The number of halogens is 2. The molecule has 0 aliphatic rings. The van der Waals surface area contributed by atoms with E-state index in [9.17, 15) is 23.3 Å². The highest BCUT2D eigenvalue weighted by atomic mass is 35.5. The van der Waals surface area contributed by atoms with Crippen molar-refractivity contribution in [3.05, 3.63) is 63.6 Å². The molecular formula is C19H16Cl2N2O5S. The summed E-state index contributed by atoms with van der Waals surface area (Å²) in [6.07, 6.45) is 0. The first-order chi connectivity index (χ1) is 13.7. The minimum Gasteiger partial charge on any atom is -0.465 e. The van der Waals surface area contributed by atoms with Crippen molar-refractivity contribution in [2.75, 3.05) is 6.61 Å². The maximum atomic E-state index is 12.8. The van der Waals surface area contributed by atoms with Crippen LogP contribution in [0.1, 0.15) is 22.8 Å². The van der Waals surface area contributed by atoms with Gasteiger partial charge in [0.15, 0.2) is 5.78 Å². The van der Waals surface area contributed by atoms with Crippen LogP contribution in [0.15, 0.2) is 47.4 Å². The maximum absolute atomic E-state index is 12.8. The van der Waals surface area contributed by atoms with Crippen molar-refractivity contribution in [2.24, 2.45) is 5.92 Å². The number of ether oxygens (including phenoxy) is 1. The summed E-state index contributed by atoms with van der Waals surface area (Å²) in [5.41, 5.74) is 0.266. The molecule has 0 aliphatic heterocycles. The zero-order valence-electron chi connectivity index (χ0n) is 15.2. The van der Waals surface area contributed by atoms with E-state index in [2.05, 4.69) is 4.72 Å². The molecule has 29 heavy (non-hydrogen) atoms. The molecule has 0 radical (unpaired) electrons. The molecule has 2 rings (SSSR count). The number of nitrogens with zero attached hydrogens (tertiary/aromatic N) is 1. The van der Waals surface area contributed by atoms with E-state index < -0.39 is 27.7 Å². The summed E-state index contributed by atoms with van der Waals surface area (Å²) in [6.45, 7) is 1.40. The van der Waals surface area contributed by atoms with E-state index in [1.165, 1.54) is 43.3 Å². The number of carbonyl (C=O) groups excluding carboxylic acids is 2. The molecule has 1 unspecified atom stereocenters. The van der Waals surface area contributed by atoms with E-state index in [1.807, 2.05) is 0 Å². The van der Waals surface area contributed by atoms with Gasteiger partial charge < -0.3 is 4.74 Å². The lowest BCUT2D eigenvalue weighted by molar-refractivity contribution is -0.144. The van der Waals surface area contributed by atoms with Gasteiger partial charge in [0, 0.05) is 12.1 Å². The number of sulfonamides is 1. The van der Waals surface area contributed by atoms with Crippen LogP contribution in [0.25, 0.3) is 0 Å². The van der Waals surface area contributed by atoms with Gasteiger partial charge >= 0.3 is 5.97 Å². The Hall–Kier alpha value is -2.44. The Morgan fingerprint density at radius 2 is 1.86 bits per heavy atom. The summed E-state index contributed by atoms with van der Waals surface area (Å²) in [7, 11) is -4.15. The van der Waals surface area contributed by atoms with E-state index in [1.54, 1.807) is 12.1 Å². The number of rotatable bonds is 8. The van der Waals surface area contributed by atoms with Gasteiger partial charge in [0.25, 0.3) is 0 Å². The van der Waals surface area contributed by atoms with E-state index in [-0.39, 0.29) is 28.6 Å². The number of carbonyl (C=O) groups is 2. The molecule has 1 N–H and O–H groups in total. The van der Waals surface area contributed by atoms with Crippen molar-refractivity contribution in [2.45, 2.75) is 18.4 Å². The van der Waals surface area contributed by atoms with Crippen LogP contribution in [0, 0.1) is 17.2 Å². The standard InChI is InChI=1S/C19H16Cl2N2O5S/c1-2-28-19(25)14(10-22)18(24)13-5-3-4-6-17(13)29(26,27)23-11-12-7-8-15(20)16(21)9-12/h3-9,14,23H,2,11H2,1H3. The van der Waals surface area contributed by atoms with Crippen LogP contribution >= 0.6 is 23.2 Å². The summed E-state index contributed by atoms with van der Waals surface area (Å²) in [5.74, 6) is -3.75. The van der Waals surface area contributed by atoms with Crippen molar-refractivity contribution in [1.82, 2.24) is 4.72 Å². The predicted molar refractivity (Wildman–Crippen MR) is 107 cm³/mol. The monoisotopic (exact) mass is 454 g/mol. The Morgan fingerprint density at radius 3 is 2.48 bits per heavy atom. The second-order valence-electron chi connectivity index (χ2n) is 5.75. The minimum atomic E-state index is -4.15. The van der Waals surface area contributed by atoms with Crippen LogP contribution in [0.4, 0.5) is 0 Å². The number of benzene rings is 2. The van der Waals surface area contributed by atoms with E-state index in [0.717, 1.165) is 0 Å². The van der Waals surface area contributed by atoms with Gasteiger partial charge in [-0.15, -0.1) is 0 Å². The molecular weight excluding hydrogens is 439 g/mol. The molecule has 1 atom stereocenters. The van der Waals surface area contributed by atoms with Crippen molar-refractivity contribution >= 4 is 45.0 Å². The average molecular weight is 455 g/mol. The second kappa shape index (κ2) is 9.85. The maximum Gasteiger partial charge on any atom is 0.331 e. The van der Waals surface area contributed by atoms with Crippen molar-refractivity contribution in [3.8, 4) is 6.07 Å². The number of ketones is 1. The lowest BCUT2D eigenvalue weighted by Crippen LogP contribution is -2.29. The Bertz CT molecular complexity index is 1080. The highest BCUT2D eigenvalue weighted by molar-refractivity contribution is 7.89. The molecule has 2 aromatic rings. The number of hydrogen-bond donors (Lipinski definition) is 1. The molecule has 0 bridgehead atoms. The topological polar surface area (TPSA) is 113 Å². The SMILES string of the molecule is CCOC(=O)C(C#N)C(=O)c1ccccc1S(=O)(=O)NCc1ccc(Cl)c(Cl)c1. The number of esters is 1. The molecule has 0 amide bonds. The molecule has 0 spiro atoms. The Kier molecular flexibility index (Phi) is 7.76. The van der Waals surface area contributed by atoms with Gasteiger partial charge in [-0.3, -0.25) is 9.59 Å². The molecule has 0 fully saturated rings. The average Bonchev–Trinajstić information content (AvgIpc) is 2.69. The van der Waals surface area contributed by atoms with Gasteiger partial charge in [0.05, 0.1) is 27.6 Å². The molecule has 0 heterocycles. The van der Waals surface area contributed by atoms with Gasteiger partial charge in [-0.1, -0.05) is 41.4 Å². The predicted octanol–water partition coefficient (Wildman–Crippen LogP) is 3.36. The third-order valence-corrected chi connectivity index (χ3v) is 6.00. The lowest BCUT2D eigenvalue weighted by Gasteiger charge is -2.13. The molecule has 7 nitrogen and oxygen atoms in total. The fourth-order valence-corrected chi connectivity index (χ4v) is 3.96. The first-order valence-electron chi connectivity index (χ1n) is 8.34. The highest BCUT2D eigenvalue weighted by Crippen LogP contribution is 2.24. The molecule has 0 aromatic heterocycles. The van der Waals surface area contributed by atoms with E-state index in [0.29, 0.717) is 10.6 Å². The van der Waals surface area contributed by atoms with Gasteiger partial charge in [0.2, 0.25) is 15.9 Å². The first-order valence-corrected chi connectivity index (χ1v) is 10.6. The third-order valence-electron chi connectivity index (χ3n) is 3.81. The fourth-order valence-electron chi connectivity index (χ4n) is 2.41. The van der Waals surface area contributed by atoms with Crippen molar-refractivity contribution < 1.29 is 22.7 Å². The molecule has 2 aromatic carbocycles. The van der Waals surface area contributed by atoms with E-state index in [4.69, 9.17) is 27.9 Å². The van der Waals surface area contributed by atoms with E-state index >= 15 is 0 Å². The Labute approximate surface area is 178 Å². The van der Waals surface area contributed by atoms with Gasteiger partial charge in [-0.25, -0.2) is 13.1 Å². The van der Waals surface area contributed by atoms with Crippen LogP contribution in [-0.2, 0) is 26.1 Å². The molecule has 0 saturated carbocycles. The van der Waals surface area contributed by atoms with Gasteiger partial charge in [-0.05, 0) is 36.8 Å². The lowest BCUT2D eigenvalue weighted by atomic mass is 9.99. The number of hydrogen-bond acceptors (Lipinski definition) is 6. The van der Waals surface area contributed by atoms with Crippen molar-refractivity contribution in [3.63, 3.8) is 0 Å². The van der Waals surface area contributed by atoms with Crippen LogP contribution < -0.4 is 4.72 Å². The number of nitriles is 1. The van der Waals surface area contributed by atoms with Gasteiger partial charge in [-0.2, -0.15) is 5.26 Å². The zero-order valence-corrected chi connectivity index (χ0v) is 17.5. The largest absolute Gasteiger partial charge is 0.465 e. The minimum absolute atomic E-state index is 0.0184. The van der Waals surface area contributed by atoms with Crippen LogP contribution in [0.2, 0.25) is 10.0 Å². The summed E-state index contributed by atoms with van der Waals surface area (Å²) in [6, 6.07) is 11.5. The molecule has 0 aliphatic carbocycles. The summed E-state index contributed by atoms with van der Waals surface area (Å²) < 4.78 is 32.6. The summed E-state index contributed by atoms with van der Waals surface area (Å²) in [5, 5.41) is 9.79. The van der Waals surface area contributed by atoms with Gasteiger partial charge in [0.1, 0.15) is 0 Å². The zero-order chi connectivity index (χ0) is 21.6. The summed E-state index contributed by atoms with van der Waals surface area (Å²) in [4.78, 5) is 24.2. The second-order valence-corrected chi connectivity index (χ2v) is 8.30. The molecule has 10 heteroatoms. The smallest absolute Gasteiger partial charge is 0.331 e. The van der Waals surface area contributed by atoms with Crippen LogP contribution in [0.5, 0.6) is 0 Å². The van der Waals surface area contributed by atoms with Crippen molar-refractivity contribution in [1.29, 1.82) is 5.26 Å². The highest BCUT2D eigenvalue weighted by Gasteiger charge is 2.32. The first kappa shape index (κ1) is 22.8. The quantitative estimate of drug-likeness (QED) is 0.371. The number of nitrogens with one attached hydrogen (secondary N) is 1. The Morgan fingerprint density at radius 1 is 1.17 bits per heavy atom. The van der Waals surface area contributed by atoms with Crippen LogP contribution in [0.3, 0.4) is 0 Å². The normalized spacial score (nSPS) is 12.1. The summed E-state index contributed by atoms with van der Waals surface area (Å²) >= 11 is 11.8.